The van der Waals surface area contributed by atoms with Crippen molar-refractivity contribution in [2.75, 3.05) is 13.6 Å². The molecule has 2 heterocycles. The van der Waals surface area contributed by atoms with Crippen LogP contribution in [0.2, 0.25) is 0 Å². The first-order valence-electron chi connectivity index (χ1n) is 8.07. The summed E-state index contributed by atoms with van der Waals surface area (Å²) in [6.45, 7) is 4.80. The van der Waals surface area contributed by atoms with Gasteiger partial charge in [-0.15, -0.1) is 12.4 Å². The van der Waals surface area contributed by atoms with Crippen molar-refractivity contribution < 1.29 is 9.32 Å². The molecule has 2 rings (SSSR count). The van der Waals surface area contributed by atoms with Crippen LogP contribution in [0.1, 0.15) is 32.6 Å². The van der Waals surface area contributed by atoms with E-state index in [-0.39, 0.29) is 24.4 Å². The van der Waals surface area contributed by atoms with Crippen LogP contribution in [0, 0.1) is 5.92 Å². The molecule has 1 unspecified atom stereocenters. The highest BCUT2D eigenvalue weighted by Gasteiger charge is 2.15. The number of hydrogen-bond acceptors (Lipinski definition) is 7. The molecular formula is C16H25ClN6O2. The lowest BCUT2D eigenvalue weighted by Crippen LogP contribution is -2.34. The molecule has 0 aromatic carbocycles. The molecule has 2 N–H and O–H groups in total. The summed E-state index contributed by atoms with van der Waals surface area (Å²) < 4.78 is 5.15. The minimum absolute atomic E-state index is 0. The molecule has 0 saturated carbocycles. The average molecular weight is 369 g/mol. The van der Waals surface area contributed by atoms with Gasteiger partial charge in [-0.1, -0.05) is 19.0 Å². The molecule has 138 valence electrons. The van der Waals surface area contributed by atoms with Gasteiger partial charge in [-0.3, -0.25) is 4.79 Å². The van der Waals surface area contributed by atoms with E-state index in [0.717, 1.165) is 6.42 Å². The Labute approximate surface area is 153 Å². The summed E-state index contributed by atoms with van der Waals surface area (Å²) in [5.74, 6) is 1.57. The monoisotopic (exact) mass is 368 g/mol. The number of halogens is 1. The molecule has 0 aliphatic heterocycles. The average Bonchev–Trinajstić information content (AvgIpc) is 3.06. The Morgan fingerprint density at radius 3 is 2.60 bits per heavy atom. The zero-order chi connectivity index (χ0) is 17.5. The molecule has 2 aromatic rings. The Kier molecular flexibility index (Phi) is 8.44. The molecule has 0 aliphatic rings. The number of nitrogens with two attached hydrogens (primary N) is 1. The number of rotatable bonds is 8. The van der Waals surface area contributed by atoms with Crippen LogP contribution in [0.15, 0.2) is 23.0 Å². The molecule has 25 heavy (non-hydrogen) atoms. The van der Waals surface area contributed by atoms with Gasteiger partial charge in [0.05, 0.1) is 0 Å². The first-order valence-corrected chi connectivity index (χ1v) is 8.07. The van der Waals surface area contributed by atoms with E-state index < -0.39 is 0 Å². The summed E-state index contributed by atoms with van der Waals surface area (Å²) in [4.78, 5) is 26.2. The van der Waals surface area contributed by atoms with Gasteiger partial charge in [-0.05, 0) is 18.4 Å². The minimum Gasteiger partial charge on any atom is -0.346 e. The van der Waals surface area contributed by atoms with Crippen LogP contribution in [-0.4, -0.2) is 50.5 Å². The van der Waals surface area contributed by atoms with E-state index >= 15 is 0 Å². The Balaban J connectivity index is 0.00000312. The number of carbonyl (C=O) groups excluding carboxylic acids is 1. The van der Waals surface area contributed by atoms with Crippen molar-refractivity contribution in [3.8, 4) is 11.6 Å². The molecule has 0 bridgehead atoms. The van der Waals surface area contributed by atoms with Gasteiger partial charge in [-0.25, -0.2) is 9.97 Å². The van der Waals surface area contributed by atoms with E-state index in [1.54, 1.807) is 30.4 Å². The lowest BCUT2D eigenvalue weighted by atomic mass is 10.0. The van der Waals surface area contributed by atoms with Crippen LogP contribution in [0.5, 0.6) is 0 Å². The molecule has 0 radical (unpaired) electrons. The van der Waals surface area contributed by atoms with Crippen LogP contribution >= 0.6 is 12.4 Å². The lowest BCUT2D eigenvalue weighted by molar-refractivity contribution is -0.130. The van der Waals surface area contributed by atoms with Crippen molar-refractivity contribution >= 4 is 18.3 Å². The van der Waals surface area contributed by atoms with Crippen molar-refractivity contribution in [2.45, 2.75) is 39.2 Å². The summed E-state index contributed by atoms with van der Waals surface area (Å²) in [5, 5.41) is 3.84. The van der Waals surface area contributed by atoms with Crippen molar-refractivity contribution in [2.24, 2.45) is 11.7 Å². The molecule has 0 saturated heterocycles. The molecule has 8 nitrogen and oxygen atoms in total. The largest absolute Gasteiger partial charge is 0.346 e. The molecule has 0 fully saturated rings. The smallest absolute Gasteiger partial charge is 0.240 e. The number of aromatic nitrogens is 4. The molecule has 0 aliphatic carbocycles. The van der Waals surface area contributed by atoms with E-state index in [2.05, 4.69) is 34.0 Å². The summed E-state index contributed by atoms with van der Waals surface area (Å²) >= 11 is 0. The van der Waals surface area contributed by atoms with E-state index in [1.165, 1.54) is 0 Å². The molecule has 1 amide bonds. The fraction of sp³-hybridized carbons (Fsp3) is 0.562. The van der Waals surface area contributed by atoms with Gasteiger partial charge in [0.25, 0.3) is 0 Å². The van der Waals surface area contributed by atoms with Crippen molar-refractivity contribution in [3.05, 3.63) is 24.4 Å². The maximum atomic E-state index is 12.1. The van der Waals surface area contributed by atoms with Crippen LogP contribution in [0.3, 0.4) is 0 Å². The molecule has 9 heteroatoms. The van der Waals surface area contributed by atoms with Gasteiger partial charge in [0, 0.05) is 44.9 Å². The summed E-state index contributed by atoms with van der Waals surface area (Å²) in [7, 11) is 1.78. The number of amides is 1. The predicted molar refractivity (Wildman–Crippen MR) is 96.0 cm³/mol. The second-order valence-corrected chi connectivity index (χ2v) is 6.10. The maximum Gasteiger partial charge on any atom is 0.240 e. The van der Waals surface area contributed by atoms with Gasteiger partial charge < -0.3 is 15.2 Å². The Hall–Kier alpha value is -2.06. The number of carbonyl (C=O) groups is 1. The zero-order valence-corrected chi connectivity index (χ0v) is 15.6. The molecule has 1 atom stereocenters. The second kappa shape index (κ2) is 10.0. The first kappa shape index (κ1) is 21.0. The quantitative estimate of drug-likeness (QED) is 0.754. The normalized spacial score (nSPS) is 11.9. The standard InChI is InChI=1S/C16H24N6O2.ClH/c1-11(2)12(17)7-10-22(3)14(23)6-5-13-20-16(21-24-13)15-18-8-4-9-19-15;/h4,8-9,11-12H,5-7,10,17H2,1-3H3;1H. The third-order valence-electron chi connectivity index (χ3n) is 3.87. The van der Waals surface area contributed by atoms with Gasteiger partial charge in [-0.2, -0.15) is 4.98 Å². The topological polar surface area (TPSA) is 111 Å². The van der Waals surface area contributed by atoms with Crippen LogP contribution < -0.4 is 5.73 Å². The van der Waals surface area contributed by atoms with Crippen molar-refractivity contribution in [1.29, 1.82) is 0 Å². The van der Waals surface area contributed by atoms with Gasteiger partial charge >= 0.3 is 0 Å². The van der Waals surface area contributed by atoms with Crippen LogP contribution in [0.4, 0.5) is 0 Å². The fourth-order valence-corrected chi connectivity index (χ4v) is 2.07. The Bertz CT molecular complexity index is 649. The second-order valence-electron chi connectivity index (χ2n) is 6.10. The Morgan fingerprint density at radius 2 is 1.96 bits per heavy atom. The predicted octanol–water partition coefficient (Wildman–Crippen LogP) is 1.71. The van der Waals surface area contributed by atoms with Gasteiger partial charge in [0.1, 0.15) is 0 Å². The van der Waals surface area contributed by atoms with E-state index in [1.807, 2.05) is 0 Å². The molecule has 2 aromatic heterocycles. The number of aryl methyl sites for hydroxylation is 1. The fourth-order valence-electron chi connectivity index (χ4n) is 2.07. The SMILES string of the molecule is CC(C)C(N)CCN(C)C(=O)CCc1nc(-c2ncccn2)no1.Cl. The third kappa shape index (κ3) is 6.39. The lowest BCUT2D eigenvalue weighted by Gasteiger charge is -2.21. The summed E-state index contributed by atoms with van der Waals surface area (Å²) in [5.41, 5.74) is 6.00. The maximum absolute atomic E-state index is 12.1. The summed E-state index contributed by atoms with van der Waals surface area (Å²) in [6.07, 6.45) is 4.71. The zero-order valence-electron chi connectivity index (χ0n) is 14.8. The highest BCUT2D eigenvalue weighted by atomic mass is 35.5. The van der Waals surface area contributed by atoms with Crippen molar-refractivity contribution in [1.82, 2.24) is 25.0 Å². The molecular weight excluding hydrogens is 344 g/mol. The highest BCUT2D eigenvalue weighted by Crippen LogP contribution is 2.11. The Morgan fingerprint density at radius 1 is 1.28 bits per heavy atom. The molecule has 0 spiro atoms. The van der Waals surface area contributed by atoms with E-state index in [0.29, 0.717) is 42.8 Å². The van der Waals surface area contributed by atoms with E-state index in [4.69, 9.17) is 10.3 Å². The van der Waals surface area contributed by atoms with Gasteiger partial charge in [0.2, 0.25) is 23.4 Å². The first-order chi connectivity index (χ1) is 11.5. The van der Waals surface area contributed by atoms with Crippen LogP contribution in [0.25, 0.3) is 11.6 Å². The van der Waals surface area contributed by atoms with E-state index in [9.17, 15) is 4.79 Å². The number of nitrogens with zero attached hydrogens (tertiary/aromatic N) is 5. The third-order valence-corrected chi connectivity index (χ3v) is 3.87. The minimum atomic E-state index is 0. The number of hydrogen-bond donors (Lipinski definition) is 1. The highest BCUT2D eigenvalue weighted by molar-refractivity contribution is 5.85. The summed E-state index contributed by atoms with van der Waals surface area (Å²) in [6, 6.07) is 1.81. The van der Waals surface area contributed by atoms with Crippen molar-refractivity contribution in [3.63, 3.8) is 0 Å². The van der Waals surface area contributed by atoms with Crippen LogP contribution in [-0.2, 0) is 11.2 Å². The van der Waals surface area contributed by atoms with Gasteiger partial charge in [0.15, 0.2) is 0 Å².